The summed E-state index contributed by atoms with van der Waals surface area (Å²) in [4.78, 5) is 11.9. The average molecular weight is 378 g/mol. The molecule has 0 saturated heterocycles. The van der Waals surface area contributed by atoms with Gasteiger partial charge in [0.1, 0.15) is 29.6 Å². The highest BCUT2D eigenvalue weighted by molar-refractivity contribution is 6.42. The third kappa shape index (κ3) is 7.71. The molecule has 2 N–H and O–H groups in total. The standard InChI is InChI=1S/C17H25Cl2NO4/c1-11(2)7-8-23-12(3)17(22)20-9-13(21)10-24-15-6-4-5-14(18)16(15)19/h4-6,11-13,21H,7-10H2,1-3H3,(H,20,22). The molecule has 0 heterocycles. The first-order chi connectivity index (χ1) is 11.3. The van der Waals surface area contributed by atoms with Gasteiger partial charge in [-0.05, 0) is 31.4 Å². The van der Waals surface area contributed by atoms with Gasteiger partial charge in [0.25, 0.3) is 0 Å². The molecule has 0 fully saturated rings. The van der Waals surface area contributed by atoms with E-state index >= 15 is 0 Å². The van der Waals surface area contributed by atoms with Crippen LogP contribution in [0.25, 0.3) is 0 Å². The van der Waals surface area contributed by atoms with Gasteiger partial charge in [0.05, 0.1) is 5.02 Å². The lowest BCUT2D eigenvalue weighted by atomic mass is 10.1. The van der Waals surface area contributed by atoms with Crippen LogP contribution in [0.4, 0.5) is 0 Å². The molecule has 1 rings (SSSR count). The van der Waals surface area contributed by atoms with Gasteiger partial charge in [-0.2, -0.15) is 0 Å². The zero-order valence-corrected chi connectivity index (χ0v) is 15.7. The van der Waals surface area contributed by atoms with Crippen LogP contribution in [-0.4, -0.2) is 43.0 Å². The molecule has 0 aliphatic rings. The second kappa shape index (κ2) is 10.8. The zero-order chi connectivity index (χ0) is 18.1. The summed E-state index contributed by atoms with van der Waals surface area (Å²) in [5, 5.41) is 13.2. The van der Waals surface area contributed by atoms with Crippen molar-refractivity contribution in [3.63, 3.8) is 0 Å². The minimum Gasteiger partial charge on any atom is -0.489 e. The number of aliphatic hydroxyl groups excluding tert-OH is 1. The van der Waals surface area contributed by atoms with Crippen LogP contribution >= 0.6 is 23.2 Å². The Labute approximate surface area is 153 Å². The Kier molecular flexibility index (Phi) is 9.44. The van der Waals surface area contributed by atoms with E-state index in [1.807, 2.05) is 0 Å². The summed E-state index contributed by atoms with van der Waals surface area (Å²) < 4.78 is 10.9. The summed E-state index contributed by atoms with van der Waals surface area (Å²) in [6, 6.07) is 5.01. The molecule has 136 valence electrons. The predicted octanol–water partition coefficient (Wildman–Crippen LogP) is 3.30. The van der Waals surface area contributed by atoms with Crippen molar-refractivity contribution in [2.24, 2.45) is 5.92 Å². The van der Waals surface area contributed by atoms with Gasteiger partial charge < -0.3 is 19.9 Å². The largest absolute Gasteiger partial charge is 0.489 e. The molecule has 1 aromatic rings. The summed E-state index contributed by atoms with van der Waals surface area (Å²) in [6.45, 7) is 6.46. The second-order valence-electron chi connectivity index (χ2n) is 5.96. The first kappa shape index (κ1) is 21.0. The van der Waals surface area contributed by atoms with Crippen LogP contribution in [-0.2, 0) is 9.53 Å². The normalized spacial score (nSPS) is 13.6. The molecule has 0 bridgehead atoms. The molecule has 0 aliphatic carbocycles. The number of ether oxygens (including phenoxy) is 2. The molecule has 0 spiro atoms. The smallest absolute Gasteiger partial charge is 0.248 e. The monoisotopic (exact) mass is 377 g/mol. The van der Waals surface area contributed by atoms with E-state index in [4.69, 9.17) is 32.7 Å². The topological polar surface area (TPSA) is 67.8 Å². The van der Waals surface area contributed by atoms with E-state index < -0.39 is 12.2 Å². The van der Waals surface area contributed by atoms with Crippen LogP contribution in [0.3, 0.4) is 0 Å². The van der Waals surface area contributed by atoms with Gasteiger partial charge in [-0.1, -0.05) is 43.1 Å². The fourth-order valence-electron chi connectivity index (χ4n) is 1.76. The van der Waals surface area contributed by atoms with Crippen molar-refractivity contribution in [1.82, 2.24) is 5.32 Å². The molecule has 7 heteroatoms. The first-order valence-electron chi connectivity index (χ1n) is 7.95. The Balaban J connectivity index is 2.28. The number of benzene rings is 1. The summed E-state index contributed by atoms with van der Waals surface area (Å²) in [7, 11) is 0. The van der Waals surface area contributed by atoms with E-state index in [0.29, 0.717) is 28.3 Å². The first-order valence-corrected chi connectivity index (χ1v) is 8.71. The van der Waals surface area contributed by atoms with Crippen LogP contribution in [0.5, 0.6) is 5.75 Å². The van der Waals surface area contributed by atoms with E-state index in [1.54, 1.807) is 25.1 Å². The molecule has 5 nitrogen and oxygen atoms in total. The molecule has 2 unspecified atom stereocenters. The molecular formula is C17H25Cl2NO4. The molecule has 1 amide bonds. The van der Waals surface area contributed by atoms with Crippen molar-refractivity contribution in [1.29, 1.82) is 0 Å². The van der Waals surface area contributed by atoms with Crippen LogP contribution in [0.15, 0.2) is 18.2 Å². The van der Waals surface area contributed by atoms with E-state index in [0.717, 1.165) is 6.42 Å². The molecule has 24 heavy (non-hydrogen) atoms. The number of halogens is 2. The van der Waals surface area contributed by atoms with Crippen LogP contribution in [0.2, 0.25) is 10.0 Å². The van der Waals surface area contributed by atoms with Gasteiger partial charge in [0.2, 0.25) is 5.91 Å². The van der Waals surface area contributed by atoms with Crippen molar-refractivity contribution in [3.05, 3.63) is 28.2 Å². The van der Waals surface area contributed by atoms with Gasteiger partial charge in [-0.3, -0.25) is 4.79 Å². The minimum absolute atomic E-state index is 0.0110. The van der Waals surface area contributed by atoms with Gasteiger partial charge in [0.15, 0.2) is 0 Å². The van der Waals surface area contributed by atoms with Gasteiger partial charge in [-0.15, -0.1) is 0 Å². The molecule has 0 saturated carbocycles. The maximum Gasteiger partial charge on any atom is 0.248 e. The molecule has 0 aliphatic heterocycles. The number of carbonyl (C=O) groups excluding carboxylic acids is 1. The fraction of sp³-hybridized carbons (Fsp3) is 0.588. The van der Waals surface area contributed by atoms with Crippen LogP contribution in [0.1, 0.15) is 27.2 Å². The van der Waals surface area contributed by atoms with E-state index in [2.05, 4.69) is 19.2 Å². The van der Waals surface area contributed by atoms with Gasteiger partial charge >= 0.3 is 0 Å². The summed E-state index contributed by atoms with van der Waals surface area (Å²) in [6.07, 6.45) is -0.528. The number of amides is 1. The third-order valence-electron chi connectivity index (χ3n) is 3.29. The number of hydrogen-bond acceptors (Lipinski definition) is 4. The maximum atomic E-state index is 11.9. The summed E-state index contributed by atoms with van der Waals surface area (Å²) >= 11 is 11.9. The van der Waals surface area contributed by atoms with E-state index in [1.165, 1.54) is 0 Å². The number of aliphatic hydroxyl groups is 1. The number of nitrogens with one attached hydrogen (secondary N) is 1. The quantitative estimate of drug-likeness (QED) is 0.656. The van der Waals surface area contributed by atoms with Crippen molar-refractivity contribution in [2.75, 3.05) is 19.8 Å². The summed E-state index contributed by atoms with van der Waals surface area (Å²) in [5.41, 5.74) is 0. The number of carbonyl (C=O) groups is 1. The summed E-state index contributed by atoms with van der Waals surface area (Å²) in [5.74, 6) is 0.649. The van der Waals surface area contributed by atoms with Crippen molar-refractivity contribution in [2.45, 2.75) is 39.4 Å². The Bertz CT molecular complexity index is 525. The lowest BCUT2D eigenvalue weighted by Gasteiger charge is -2.17. The Morgan fingerprint density at radius 1 is 1.29 bits per heavy atom. The second-order valence-corrected chi connectivity index (χ2v) is 6.74. The minimum atomic E-state index is -0.869. The third-order valence-corrected chi connectivity index (χ3v) is 4.09. The van der Waals surface area contributed by atoms with E-state index in [-0.39, 0.29) is 19.1 Å². The molecule has 0 radical (unpaired) electrons. The zero-order valence-electron chi connectivity index (χ0n) is 14.2. The van der Waals surface area contributed by atoms with E-state index in [9.17, 15) is 9.90 Å². The SMILES string of the molecule is CC(C)CCOC(C)C(=O)NCC(O)COc1cccc(Cl)c1Cl. The lowest BCUT2D eigenvalue weighted by Crippen LogP contribution is -2.40. The fourth-order valence-corrected chi connectivity index (χ4v) is 2.11. The number of hydrogen-bond donors (Lipinski definition) is 2. The highest BCUT2D eigenvalue weighted by Gasteiger charge is 2.15. The van der Waals surface area contributed by atoms with Crippen LogP contribution in [0, 0.1) is 5.92 Å². The predicted molar refractivity (Wildman–Crippen MR) is 95.8 cm³/mol. The average Bonchev–Trinajstić information content (AvgIpc) is 2.53. The molecule has 1 aromatic carbocycles. The number of rotatable bonds is 10. The van der Waals surface area contributed by atoms with Gasteiger partial charge in [-0.25, -0.2) is 0 Å². The Hall–Kier alpha value is -1.01. The Morgan fingerprint density at radius 2 is 2.00 bits per heavy atom. The molecule has 2 atom stereocenters. The van der Waals surface area contributed by atoms with Crippen LogP contribution < -0.4 is 10.1 Å². The van der Waals surface area contributed by atoms with Crippen molar-refractivity contribution < 1.29 is 19.4 Å². The highest BCUT2D eigenvalue weighted by Crippen LogP contribution is 2.31. The van der Waals surface area contributed by atoms with Gasteiger partial charge in [0, 0.05) is 13.2 Å². The maximum absolute atomic E-state index is 11.9. The van der Waals surface area contributed by atoms with Crippen molar-refractivity contribution >= 4 is 29.1 Å². The molecule has 0 aromatic heterocycles. The highest BCUT2D eigenvalue weighted by atomic mass is 35.5. The Morgan fingerprint density at radius 3 is 2.67 bits per heavy atom. The lowest BCUT2D eigenvalue weighted by molar-refractivity contribution is -0.132. The van der Waals surface area contributed by atoms with Crippen molar-refractivity contribution in [3.8, 4) is 5.75 Å². The molecular weight excluding hydrogens is 353 g/mol.